The molecule has 16 heteroatoms. The monoisotopic (exact) mass is 467 g/mol. The van der Waals surface area contributed by atoms with Crippen molar-refractivity contribution in [3.63, 3.8) is 0 Å². The molecular formula is C13H10FN3O9S3. The number of allylic oxidation sites excluding steroid dienone is 1. The van der Waals surface area contributed by atoms with Gasteiger partial charge in [0.25, 0.3) is 30.4 Å². The molecule has 0 saturated heterocycles. The summed E-state index contributed by atoms with van der Waals surface area (Å²) < 4.78 is 112. The molecule has 4 N–H and O–H groups in total. The summed E-state index contributed by atoms with van der Waals surface area (Å²) in [5.41, 5.74) is 1.46. The summed E-state index contributed by atoms with van der Waals surface area (Å²) in [7, 11) is -15.0. The van der Waals surface area contributed by atoms with E-state index in [2.05, 4.69) is 5.10 Å². The van der Waals surface area contributed by atoms with Crippen molar-refractivity contribution in [2.75, 3.05) is 5.12 Å². The van der Waals surface area contributed by atoms with Crippen molar-refractivity contribution in [1.29, 1.82) is 0 Å². The van der Waals surface area contributed by atoms with E-state index in [1.54, 1.807) is 0 Å². The first kappa shape index (κ1) is 21.1. The van der Waals surface area contributed by atoms with Crippen LogP contribution in [0.2, 0.25) is 0 Å². The van der Waals surface area contributed by atoms with Crippen LogP contribution in [0.5, 0.6) is 0 Å². The molecule has 0 aromatic heterocycles. The maximum Gasteiger partial charge on any atom is 0.296 e. The average Bonchev–Trinajstić information content (AvgIpc) is 2.57. The van der Waals surface area contributed by atoms with Crippen LogP contribution < -0.4 is 10.5 Å². The third-order valence-corrected chi connectivity index (χ3v) is 6.27. The molecule has 0 atom stereocenters. The first-order valence-electron chi connectivity index (χ1n) is 7.19. The Labute approximate surface area is 163 Å². The van der Waals surface area contributed by atoms with Gasteiger partial charge in [-0.15, -0.1) is 0 Å². The molecule has 12 nitrogen and oxygen atoms in total. The van der Waals surface area contributed by atoms with E-state index < -0.39 is 67.5 Å². The third kappa shape index (κ3) is 4.21. The molecule has 0 saturated carbocycles. The van der Waals surface area contributed by atoms with Crippen molar-refractivity contribution < 1.29 is 43.3 Å². The minimum Gasteiger partial charge on any atom is -0.282 e. The molecule has 2 aromatic rings. The zero-order valence-electron chi connectivity index (χ0n) is 13.8. The number of fused-ring (bicyclic) bond motifs is 1. The van der Waals surface area contributed by atoms with Crippen LogP contribution in [0.25, 0.3) is 10.8 Å². The molecule has 0 fully saturated rings. The van der Waals surface area contributed by atoms with Crippen LogP contribution in [-0.2, 0) is 30.4 Å². The predicted molar refractivity (Wildman–Crippen MR) is 96.7 cm³/mol. The number of hydrazone groups is 1. The highest BCUT2D eigenvalue weighted by molar-refractivity contribution is 7.87. The van der Waals surface area contributed by atoms with E-state index in [1.807, 2.05) is 5.43 Å². The van der Waals surface area contributed by atoms with E-state index in [0.29, 0.717) is 23.3 Å². The summed E-state index contributed by atoms with van der Waals surface area (Å²) in [4.78, 5) is -2.87. The molecular weight excluding hydrogens is 457 g/mol. The van der Waals surface area contributed by atoms with E-state index in [0.717, 1.165) is 18.4 Å². The third-order valence-electron chi connectivity index (χ3n) is 3.67. The molecule has 1 heterocycles. The molecule has 29 heavy (non-hydrogen) atoms. The topological polar surface area (TPSA) is 191 Å². The van der Waals surface area contributed by atoms with Crippen LogP contribution in [0.4, 0.5) is 10.1 Å². The summed E-state index contributed by atoms with van der Waals surface area (Å²) in [6.07, 6.45) is 1.81. The zero-order valence-corrected chi connectivity index (χ0v) is 16.2. The molecule has 0 spiro atoms. The highest BCUT2D eigenvalue weighted by Gasteiger charge is 2.27. The van der Waals surface area contributed by atoms with Gasteiger partial charge in [0.15, 0.2) is 0 Å². The molecule has 0 aliphatic carbocycles. The second-order valence-corrected chi connectivity index (χ2v) is 9.79. The van der Waals surface area contributed by atoms with Crippen LogP contribution in [0.1, 0.15) is 0 Å². The summed E-state index contributed by atoms with van der Waals surface area (Å²) in [5.74, 6) is -0.974. The number of nitrogens with zero attached hydrogens (tertiary/aromatic N) is 2. The predicted octanol–water partition coefficient (Wildman–Crippen LogP) is 0.701. The van der Waals surface area contributed by atoms with E-state index in [1.165, 1.54) is 0 Å². The van der Waals surface area contributed by atoms with Crippen molar-refractivity contribution in [3.05, 3.63) is 36.3 Å². The number of rotatable bonds is 4. The summed E-state index contributed by atoms with van der Waals surface area (Å²) in [6, 6.07) is 2.62. The molecule has 2 aromatic carbocycles. The van der Waals surface area contributed by atoms with E-state index in [-0.39, 0.29) is 0 Å². The van der Waals surface area contributed by atoms with Crippen molar-refractivity contribution in [1.82, 2.24) is 5.43 Å². The lowest BCUT2D eigenvalue weighted by Crippen LogP contribution is -2.34. The number of hydrazine groups is 1. The van der Waals surface area contributed by atoms with Gasteiger partial charge >= 0.3 is 0 Å². The number of nitrogens with one attached hydrogen (secondary N) is 1. The van der Waals surface area contributed by atoms with Crippen LogP contribution in [0, 0.1) is 0 Å². The van der Waals surface area contributed by atoms with Gasteiger partial charge in [0.1, 0.15) is 15.5 Å². The minimum absolute atomic E-state index is 0.402. The van der Waals surface area contributed by atoms with Gasteiger partial charge in [0, 0.05) is 11.5 Å². The standard InChI is InChI=1S/C13H10FN3O9S3/c14-13-1-2-15-17(16-13)10-6-9-7(4-12(10)29(24,25)26)3-8(27(18,19)20)5-11(9)28(21,22)23/h1-6,16H,(H,18,19,20)(H,21,22,23)(H,24,25,26). The van der Waals surface area contributed by atoms with Crippen molar-refractivity contribution in [3.8, 4) is 0 Å². The Kier molecular flexibility index (Phi) is 4.88. The maximum absolute atomic E-state index is 13.5. The second-order valence-electron chi connectivity index (χ2n) is 5.59. The van der Waals surface area contributed by atoms with E-state index in [4.69, 9.17) is 0 Å². The molecule has 0 unspecified atom stereocenters. The van der Waals surface area contributed by atoms with Gasteiger partial charge in [-0.3, -0.25) is 19.1 Å². The minimum atomic E-state index is -5.07. The Bertz CT molecular complexity index is 1410. The van der Waals surface area contributed by atoms with Crippen LogP contribution in [0.3, 0.4) is 0 Å². The molecule has 156 valence electrons. The van der Waals surface area contributed by atoms with Crippen LogP contribution in [-0.4, -0.2) is 45.1 Å². The average molecular weight is 467 g/mol. The normalized spacial score (nSPS) is 15.3. The van der Waals surface area contributed by atoms with Crippen LogP contribution >= 0.6 is 0 Å². The molecule has 1 aliphatic heterocycles. The Balaban J connectivity index is 2.47. The lowest BCUT2D eigenvalue weighted by atomic mass is 10.1. The molecule has 0 bridgehead atoms. The van der Waals surface area contributed by atoms with E-state index in [9.17, 15) is 43.3 Å². The largest absolute Gasteiger partial charge is 0.296 e. The van der Waals surface area contributed by atoms with Crippen molar-refractivity contribution >= 4 is 53.0 Å². The summed E-state index contributed by atoms with van der Waals surface area (Å²) >= 11 is 0. The highest BCUT2D eigenvalue weighted by atomic mass is 32.2. The van der Waals surface area contributed by atoms with Gasteiger partial charge in [-0.25, -0.2) is 0 Å². The fraction of sp³-hybridized carbons (Fsp3) is 0. The van der Waals surface area contributed by atoms with E-state index >= 15 is 0 Å². The number of anilines is 1. The number of hydrogen-bond acceptors (Lipinski definition) is 9. The number of hydrogen-bond donors (Lipinski definition) is 4. The molecule has 0 radical (unpaired) electrons. The van der Waals surface area contributed by atoms with Crippen molar-refractivity contribution in [2.45, 2.75) is 14.7 Å². The van der Waals surface area contributed by atoms with Gasteiger partial charge in [-0.2, -0.15) is 39.9 Å². The van der Waals surface area contributed by atoms with Gasteiger partial charge in [0.05, 0.1) is 11.1 Å². The summed E-state index contributed by atoms with van der Waals surface area (Å²) in [6.45, 7) is 0. The molecule has 1 aliphatic rings. The number of benzene rings is 2. The number of halogens is 1. The summed E-state index contributed by atoms with van der Waals surface area (Å²) in [5, 5.41) is 3.39. The van der Waals surface area contributed by atoms with Crippen molar-refractivity contribution in [2.24, 2.45) is 5.10 Å². The van der Waals surface area contributed by atoms with Gasteiger partial charge < -0.3 is 0 Å². The Morgan fingerprint density at radius 1 is 0.862 bits per heavy atom. The zero-order chi connectivity index (χ0) is 21.8. The molecule has 0 amide bonds. The highest BCUT2D eigenvalue weighted by Crippen LogP contribution is 2.35. The lowest BCUT2D eigenvalue weighted by Gasteiger charge is -2.24. The van der Waals surface area contributed by atoms with Gasteiger partial charge in [0.2, 0.25) is 5.95 Å². The first-order chi connectivity index (χ1) is 13.2. The van der Waals surface area contributed by atoms with Crippen LogP contribution in [0.15, 0.2) is 56.1 Å². The van der Waals surface area contributed by atoms with Gasteiger partial charge in [-0.05, 0) is 29.7 Å². The smallest absolute Gasteiger partial charge is 0.282 e. The quantitative estimate of drug-likeness (QED) is 0.365. The molecule has 3 rings (SSSR count). The Morgan fingerprint density at radius 2 is 1.48 bits per heavy atom. The lowest BCUT2D eigenvalue weighted by molar-refractivity contribution is 0.479. The second kappa shape index (κ2) is 6.71. The Hall–Kier alpha value is -2.63. The maximum atomic E-state index is 13.5. The Morgan fingerprint density at radius 3 is 2.00 bits per heavy atom. The van der Waals surface area contributed by atoms with Gasteiger partial charge in [-0.1, -0.05) is 0 Å². The first-order valence-corrected chi connectivity index (χ1v) is 11.5. The fourth-order valence-corrected chi connectivity index (χ4v) is 4.54. The fourth-order valence-electron chi connectivity index (χ4n) is 2.51. The SMILES string of the molecule is O=S(=O)(O)c1cc(S(=O)(=O)O)c2cc(N3N=CC=C(F)N3)c(S(=O)(=O)O)cc2c1.